The van der Waals surface area contributed by atoms with E-state index in [0.717, 1.165) is 5.82 Å². The summed E-state index contributed by atoms with van der Waals surface area (Å²) in [7, 11) is 0. The molecule has 1 heterocycles. The van der Waals surface area contributed by atoms with Gasteiger partial charge in [-0.2, -0.15) is 5.10 Å². The number of allylic oxidation sites excluding steroid dienone is 1. The minimum absolute atomic E-state index is 0.198. The summed E-state index contributed by atoms with van der Waals surface area (Å²) in [5.74, 6) is 1.35. The third-order valence-electron chi connectivity index (χ3n) is 2.00. The third kappa shape index (κ3) is 1.88. The van der Waals surface area contributed by atoms with E-state index in [-0.39, 0.29) is 6.04 Å². The SMILES string of the molecule is C=CC(C)n1c(C(C)C)n[nH]c1=S. The number of hydrogen-bond acceptors (Lipinski definition) is 2. The van der Waals surface area contributed by atoms with Gasteiger partial charge in [0.2, 0.25) is 0 Å². The zero-order chi connectivity index (χ0) is 10.0. The van der Waals surface area contributed by atoms with E-state index in [9.17, 15) is 0 Å². The van der Waals surface area contributed by atoms with E-state index in [2.05, 4.69) is 30.6 Å². The van der Waals surface area contributed by atoms with Gasteiger partial charge in [0.15, 0.2) is 4.77 Å². The van der Waals surface area contributed by atoms with E-state index in [1.54, 1.807) is 0 Å². The first-order valence-corrected chi connectivity index (χ1v) is 4.78. The second-order valence-corrected chi connectivity index (χ2v) is 3.77. The Hall–Kier alpha value is -0.900. The van der Waals surface area contributed by atoms with Crippen LogP contribution in [0.25, 0.3) is 0 Å². The topological polar surface area (TPSA) is 33.6 Å². The van der Waals surface area contributed by atoms with Crippen LogP contribution < -0.4 is 0 Å². The van der Waals surface area contributed by atoms with Crippen LogP contribution in [0.1, 0.15) is 38.6 Å². The summed E-state index contributed by atoms with van der Waals surface area (Å²) in [5.41, 5.74) is 0. The third-order valence-corrected chi connectivity index (χ3v) is 2.28. The Labute approximate surface area is 83.5 Å². The van der Waals surface area contributed by atoms with Crippen molar-refractivity contribution < 1.29 is 0 Å². The molecule has 13 heavy (non-hydrogen) atoms. The van der Waals surface area contributed by atoms with Crippen molar-refractivity contribution in [3.05, 3.63) is 23.3 Å². The van der Waals surface area contributed by atoms with E-state index in [1.807, 2.05) is 17.6 Å². The number of aromatic nitrogens is 3. The molecule has 1 N–H and O–H groups in total. The van der Waals surface area contributed by atoms with Crippen molar-refractivity contribution in [1.82, 2.24) is 14.8 Å². The van der Waals surface area contributed by atoms with Gasteiger partial charge in [0.05, 0.1) is 6.04 Å². The standard InChI is InChI=1S/C9H15N3S/c1-5-7(4)12-8(6(2)3)10-11-9(12)13/h5-7H,1H2,2-4H3,(H,11,13). The van der Waals surface area contributed by atoms with Crippen LogP contribution in [0.4, 0.5) is 0 Å². The smallest absolute Gasteiger partial charge is 0.195 e. The van der Waals surface area contributed by atoms with Crippen LogP contribution in [0.2, 0.25) is 0 Å². The molecule has 1 aromatic heterocycles. The van der Waals surface area contributed by atoms with E-state index in [1.165, 1.54) is 0 Å². The Balaban J connectivity index is 3.23. The molecule has 0 aliphatic rings. The Morgan fingerprint density at radius 1 is 1.54 bits per heavy atom. The van der Waals surface area contributed by atoms with Gasteiger partial charge in [0, 0.05) is 5.92 Å². The van der Waals surface area contributed by atoms with Crippen molar-refractivity contribution in [3.63, 3.8) is 0 Å². The lowest BCUT2D eigenvalue weighted by atomic mass is 10.2. The highest BCUT2D eigenvalue weighted by atomic mass is 32.1. The van der Waals surface area contributed by atoms with Gasteiger partial charge in [-0.1, -0.05) is 19.9 Å². The van der Waals surface area contributed by atoms with Crippen LogP contribution in [0.15, 0.2) is 12.7 Å². The van der Waals surface area contributed by atoms with Crippen molar-refractivity contribution in [1.29, 1.82) is 0 Å². The number of aromatic amines is 1. The average molecular weight is 197 g/mol. The predicted octanol–water partition coefficient (Wildman–Crippen LogP) is 2.81. The van der Waals surface area contributed by atoms with Gasteiger partial charge in [0.1, 0.15) is 5.82 Å². The Morgan fingerprint density at radius 3 is 2.62 bits per heavy atom. The molecule has 0 aliphatic carbocycles. The van der Waals surface area contributed by atoms with Gasteiger partial charge in [0.25, 0.3) is 0 Å². The highest BCUT2D eigenvalue weighted by molar-refractivity contribution is 7.71. The lowest BCUT2D eigenvalue weighted by molar-refractivity contribution is 0.588. The monoisotopic (exact) mass is 197 g/mol. The summed E-state index contributed by atoms with van der Waals surface area (Å²) in [6, 6.07) is 0.198. The fourth-order valence-electron chi connectivity index (χ4n) is 1.22. The van der Waals surface area contributed by atoms with E-state index in [0.29, 0.717) is 10.7 Å². The van der Waals surface area contributed by atoms with Crippen LogP contribution >= 0.6 is 12.2 Å². The molecular weight excluding hydrogens is 182 g/mol. The maximum Gasteiger partial charge on any atom is 0.195 e. The molecule has 1 atom stereocenters. The van der Waals surface area contributed by atoms with E-state index >= 15 is 0 Å². The Bertz CT molecular complexity index is 348. The van der Waals surface area contributed by atoms with Gasteiger partial charge in [-0.3, -0.25) is 9.67 Å². The van der Waals surface area contributed by atoms with Gasteiger partial charge >= 0.3 is 0 Å². The molecule has 0 bridgehead atoms. The maximum absolute atomic E-state index is 5.13. The number of hydrogen-bond donors (Lipinski definition) is 1. The molecule has 0 amide bonds. The first-order valence-electron chi connectivity index (χ1n) is 4.37. The van der Waals surface area contributed by atoms with Crippen molar-refractivity contribution in [2.24, 2.45) is 0 Å². The van der Waals surface area contributed by atoms with Crippen LogP contribution in [0.5, 0.6) is 0 Å². The minimum atomic E-state index is 0.198. The molecule has 1 unspecified atom stereocenters. The molecule has 0 radical (unpaired) electrons. The van der Waals surface area contributed by atoms with Crippen LogP contribution in [-0.4, -0.2) is 14.8 Å². The Morgan fingerprint density at radius 2 is 2.15 bits per heavy atom. The zero-order valence-electron chi connectivity index (χ0n) is 8.24. The summed E-state index contributed by atoms with van der Waals surface area (Å²) in [6.07, 6.45) is 1.86. The molecule has 0 saturated carbocycles. The maximum atomic E-state index is 5.13. The van der Waals surface area contributed by atoms with Crippen LogP contribution in [0, 0.1) is 4.77 Å². The van der Waals surface area contributed by atoms with Gasteiger partial charge in [-0.25, -0.2) is 0 Å². The molecule has 72 valence electrons. The molecule has 0 aromatic carbocycles. The average Bonchev–Trinajstić information content (AvgIpc) is 2.46. The second-order valence-electron chi connectivity index (χ2n) is 3.39. The molecule has 1 rings (SSSR count). The highest BCUT2D eigenvalue weighted by Crippen LogP contribution is 2.17. The van der Waals surface area contributed by atoms with Crippen LogP contribution in [0.3, 0.4) is 0 Å². The second kappa shape index (κ2) is 3.87. The number of nitrogens with one attached hydrogen (secondary N) is 1. The summed E-state index contributed by atoms with van der Waals surface area (Å²) in [5, 5.41) is 6.98. The van der Waals surface area contributed by atoms with Crippen molar-refractivity contribution >= 4 is 12.2 Å². The van der Waals surface area contributed by atoms with Crippen molar-refractivity contribution in [2.45, 2.75) is 32.7 Å². The molecular formula is C9H15N3S. The van der Waals surface area contributed by atoms with E-state index in [4.69, 9.17) is 12.2 Å². The van der Waals surface area contributed by atoms with Gasteiger partial charge in [-0.05, 0) is 19.1 Å². The summed E-state index contributed by atoms with van der Waals surface area (Å²) in [6.45, 7) is 9.98. The normalized spacial score (nSPS) is 13.2. The molecule has 3 nitrogen and oxygen atoms in total. The predicted molar refractivity (Wildman–Crippen MR) is 56.4 cm³/mol. The number of nitrogens with zero attached hydrogens (tertiary/aromatic N) is 2. The quantitative estimate of drug-likeness (QED) is 0.597. The molecule has 0 aliphatic heterocycles. The summed E-state index contributed by atoms with van der Waals surface area (Å²) >= 11 is 5.13. The number of H-pyrrole nitrogens is 1. The lowest BCUT2D eigenvalue weighted by Crippen LogP contribution is -2.08. The summed E-state index contributed by atoms with van der Waals surface area (Å²) < 4.78 is 2.66. The molecule has 1 aromatic rings. The van der Waals surface area contributed by atoms with Gasteiger partial charge < -0.3 is 0 Å². The van der Waals surface area contributed by atoms with Crippen LogP contribution in [-0.2, 0) is 0 Å². The fourth-order valence-corrected chi connectivity index (χ4v) is 1.53. The van der Waals surface area contributed by atoms with Crippen molar-refractivity contribution in [2.75, 3.05) is 0 Å². The van der Waals surface area contributed by atoms with E-state index < -0.39 is 0 Å². The Kier molecular flexibility index (Phi) is 3.03. The minimum Gasteiger partial charge on any atom is -0.297 e. The molecule has 4 heteroatoms. The largest absolute Gasteiger partial charge is 0.297 e. The first kappa shape index (κ1) is 10.2. The lowest BCUT2D eigenvalue weighted by Gasteiger charge is -2.12. The fraction of sp³-hybridized carbons (Fsp3) is 0.556. The molecule has 0 spiro atoms. The number of rotatable bonds is 3. The molecule has 0 fully saturated rings. The first-order chi connectivity index (χ1) is 6.07. The van der Waals surface area contributed by atoms with Gasteiger partial charge in [-0.15, -0.1) is 6.58 Å². The summed E-state index contributed by atoms with van der Waals surface area (Å²) in [4.78, 5) is 0. The molecule has 0 saturated heterocycles. The zero-order valence-corrected chi connectivity index (χ0v) is 9.06. The highest BCUT2D eigenvalue weighted by Gasteiger charge is 2.12. The van der Waals surface area contributed by atoms with Crippen molar-refractivity contribution in [3.8, 4) is 0 Å².